The number of hydrogen-bond donors (Lipinski definition) is 0. The van der Waals surface area contributed by atoms with Crippen molar-refractivity contribution in [3.8, 4) is 0 Å². The summed E-state index contributed by atoms with van der Waals surface area (Å²) in [4.78, 5) is 4.23. The Labute approximate surface area is 96.8 Å². The number of halogens is 1. The van der Waals surface area contributed by atoms with Crippen LogP contribution in [0.4, 0.5) is 0 Å². The average Bonchev–Trinajstić information content (AvgIpc) is 2.60. The van der Waals surface area contributed by atoms with Crippen LogP contribution in [-0.2, 0) is 13.0 Å². The van der Waals surface area contributed by atoms with Crippen LogP contribution in [0, 0.1) is 5.92 Å². The maximum absolute atomic E-state index is 6.23. The second kappa shape index (κ2) is 6.11. The minimum atomic E-state index is 0.256. The van der Waals surface area contributed by atoms with Gasteiger partial charge in [-0.05, 0) is 25.7 Å². The molecule has 3 nitrogen and oxygen atoms in total. The number of nitrogens with zero attached hydrogens (tertiary/aromatic N) is 3. The second-order valence-corrected chi connectivity index (χ2v) is 4.87. The normalized spacial score (nSPS) is 13.4. The van der Waals surface area contributed by atoms with Gasteiger partial charge in [-0.25, -0.2) is 4.98 Å². The lowest BCUT2D eigenvalue weighted by Gasteiger charge is -2.11. The van der Waals surface area contributed by atoms with Crippen molar-refractivity contribution in [2.45, 2.75) is 52.0 Å². The van der Waals surface area contributed by atoms with Gasteiger partial charge in [-0.3, -0.25) is 4.68 Å². The summed E-state index contributed by atoms with van der Waals surface area (Å²) >= 11 is 6.23. The van der Waals surface area contributed by atoms with E-state index in [2.05, 4.69) is 30.9 Å². The van der Waals surface area contributed by atoms with Gasteiger partial charge in [-0.15, -0.1) is 11.6 Å². The quantitative estimate of drug-likeness (QED) is 0.703. The number of rotatable bonds is 6. The monoisotopic (exact) mass is 229 g/mol. The first kappa shape index (κ1) is 12.5. The van der Waals surface area contributed by atoms with E-state index in [0.717, 1.165) is 31.6 Å². The molecule has 0 N–H and O–H groups in total. The molecule has 1 aromatic rings. The maximum Gasteiger partial charge on any atom is 0.138 e. The SMILES string of the molecule is CCn1ncnc1CCC(Cl)CC(C)C. The molecule has 1 aromatic heterocycles. The van der Waals surface area contributed by atoms with Crippen molar-refractivity contribution < 1.29 is 0 Å². The van der Waals surface area contributed by atoms with Gasteiger partial charge in [0.25, 0.3) is 0 Å². The molecule has 0 radical (unpaired) electrons. The molecule has 0 bridgehead atoms. The molecule has 0 saturated heterocycles. The van der Waals surface area contributed by atoms with E-state index >= 15 is 0 Å². The largest absolute Gasteiger partial charge is 0.250 e. The van der Waals surface area contributed by atoms with Gasteiger partial charge in [0.1, 0.15) is 12.2 Å². The van der Waals surface area contributed by atoms with Crippen molar-refractivity contribution in [1.82, 2.24) is 14.8 Å². The van der Waals surface area contributed by atoms with E-state index in [1.165, 1.54) is 0 Å². The van der Waals surface area contributed by atoms with Crippen LogP contribution < -0.4 is 0 Å². The average molecular weight is 230 g/mol. The highest BCUT2D eigenvalue weighted by Crippen LogP contribution is 2.16. The fourth-order valence-corrected chi connectivity index (χ4v) is 2.13. The highest BCUT2D eigenvalue weighted by atomic mass is 35.5. The van der Waals surface area contributed by atoms with E-state index in [0.29, 0.717) is 5.92 Å². The smallest absolute Gasteiger partial charge is 0.138 e. The van der Waals surface area contributed by atoms with Gasteiger partial charge >= 0.3 is 0 Å². The molecular weight excluding hydrogens is 210 g/mol. The Balaban J connectivity index is 2.36. The molecule has 1 rings (SSSR count). The lowest BCUT2D eigenvalue weighted by molar-refractivity contribution is 0.529. The minimum Gasteiger partial charge on any atom is -0.250 e. The fourth-order valence-electron chi connectivity index (χ4n) is 1.66. The van der Waals surface area contributed by atoms with Crippen LogP contribution in [0.25, 0.3) is 0 Å². The van der Waals surface area contributed by atoms with E-state index in [4.69, 9.17) is 11.6 Å². The fraction of sp³-hybridized carbons (Fsp3) is 0.818. The molecule has 1 atom stereocenters. The summed E-state index contributed by atoms with van der Waals surface area (Å²) in [5.74, 6) is 1.71. The van der Waals surface area contributed by atoms with Crippen molar-refractivity contribution in [2.24, 2.45) is 5.92 Å². The molecule has 0 spiro atoms. The van der Waals surface area contributed by atoms with E-state index in [9.17, 15) is 0 Å². The molecule has 0 fully saturated rings. The molecule has 86 valence electrons. The van der Waals surface area contributed by atoms with Crippen LogP contribution in [0.5, 0.6) is 0 Å². The van der Waals surface area contributed by atoms with Gasteiger partial charge < -0.3 is 0 Å². The van der Waals surface area contributed by atoms with Gasteiger partial charge in [0.15, 0.2) is 0 Å². The van der Waals surface area contributed by atoms with Crippen molar-refractivity contribution in [3.05, 3.63) is 12.2 Å². The molecule has 4 heteroatoms. The third-order valence-corrected chi connectivity index (χ3v) is 2.80. The Morgan fingerprint density at radius 1 is 1.47 bits per heavy atom. The van der Waals surface area contributed by atoms with Crippen molar-refractivity contribution in [3.63, 3.8) is 0 Å². The molecule has 0 aliphatic heterocycles. The number of aryl methyl sites for hydroxylation is 2. The molecule has 1 heterocycles. The highest BCUT2D eigenvalue weighted by Gasteiger charge is 2.10. The summed E-state index contributed by atoms with van der Waals surface area (Å²) in [7, 11) is 0. The summed E-state index contributed by atoms with van der Waals surface area (Å²) in [6.45, 7) is 7.35. The molecule has 0 aliphatic carbocycles. The first-order valence-electron chi connectivity index (χ1n) is 5.64. The zero-order valence-electron chi connectivity index (χ0n) is 9.78. The van der Waals surface area contributed by atoms with Gasteiger partial charge in [-0.2, -0.15) is 5.10 Å². The van der Waals surface area contributed by atoms with Crippen LogP contribution in [-0.4, -0.2) is 20.1 Å². The topological polar surface area (TPSA) is 30.7 Å². The first-order valence-corrected chi connectivity index (χ1v) is 6.07. The van der Waals surface area contributed by atoms with Crippen molar-refractivity contribution >= 4 is 11.6 Å². The van der Waals surface area contributed by atoms with Crippen LogP contribution in [0.1, 0.15) is 39.4 Å². The zero-order valence-corrected chi connectivity index (χ0v) is 10.5. The standard InChI is InChI=1S/C11H20ClN3/c1-4-15-11(13-8-14-15)6-5-10(12)7-9(2)3/h8-10H,4-7H2,1-3H3. The summed E-state index contributed by atoms with van der Waals surface area (Å²) in [6.07, 6.45) is 4.60. The molecule has 0 aliphatic rings. The first-order chi connectivity index (χ1) is 7.13. The van der Waals surface area contributed by atoms with Gasteiger partial charge in [0.05, 0.1) is 0 Å². The molecule has 0 saturated carbocycles. The zero-order chi connectivity index (χ0) is 11.3. The molecule has 15 heavy (non-hydrogen) atoms. The van der Waals surface area contributed by atoms with E-state index in [1.54, 1.807) is 6.33 Å². The molecular formula is C11H20ClN3. The number of alkyl halides is 1. The van der Waals surface area contributed by atoms with Crippen molar-refractivity contribution in [1.29, 1.82) is 0 Å². The Kier molecular flexibility index (Phi) is 5.09. The van der Waals surface area contributed by atoms with E-state index < -0.39 is 0 Å². The third kappa shape index (κ3) is 4.20. The lowest BCUT2D eigenvalue weighted by Crippen LogP contribution is -2.09. The van der Waals surface area contributed by atoms with E-state index in [-0.39, 0.29) is 5.38 Å². The highest BCUT2D eigenvalue weighted by molar-refractivity contribution is 6.20. The molecule has 1 unspecified atom stereocenters. The summed E-state index contributed by atoms with van der Waals surface area (Å²) in [5, 5.41) is 4.39. The van der Waals surface area contributed by atoms with Gasteiger partial charge in [0.2, 0.25) is 0 Å². The summed E-state index contributed by atoms with van der Waals surface area (Å²) < 4.78 is 1.93. The van der Waals surface area contributed by atoms with Gasteiger partial charge in [-0.1, -0.05) is 13.8 Å². The summed E-state index contributed by atoms with van der Waals surface area (Å²) in [5.41, 5.74) is 0. The summed E-state index contributed by atoms with van der Waals surface area (Å²) in [6, 6.07) is 0. The Bertz CT molecular complexity index is 283. The number of hydrogen-bond acceptors (Lipinski definition) is 2. The molecule has 0 aromatic carbocycles. The predicted octanol–water partition coefficient (Wildman–Crippen LogP) is 2.88. The molecule has 0 amide bonds. The van der Waals surface area contributed by atoms with Gasteiger partial charge in [0, 0.05) is 18.3 Å². The lowest BCUT2D eigenvalue weighted by atomic mass is 10.0. The second-order valence-electron chi connectivity index (χ2n) is 4.26. The van der Waals surface area contributed by atoms with Crippen LogP contribution in [0.3, 0.4) is 0 Å². The van der Waals surface area contributed by atoms with Crippen LogP contribution >= 0.6 is 11.6 Å². The Hall–Kier alpha value is -0.570. The Morgan fingerprint density at radius 3 is 2.80 bits per heavy atom. The third-order valence-electron chi connectivity index (χ3n) is 2.40. The van der Waals surface area contributed by atoms with E-state index in [1.807, 2.05) is 4.68 Å². The van der Waals surface area contributed by atoms with Crippen molar-refractivity contribution in [2.75, 3.05) is 0 Å². The predicted molar refractivity (Wildman–Crippen MR) is 63.1 cm³/mol. The maximum atomic E-state index is 6.23. The van der Waals surface area contributed by atoms with Crippen LogP contribution in [0.15, 0.2) is 6.33 Å². The Morgan fingerprint density at radius 2 is 2.20 bits per heavy atom. The minimum absolute atomic E-state index is 0.256. The van der Waals surface area contributed by atoms with Crippen LogP contribution in [0.2, 0.25) is 0 Å². The number of aromatic nitrogens is 3.